The van der Waals surface area contributed by atoms with Gasteiger partial charge in [0.1, 0.15) is 0 Å². The summed E-state index contributed by atoms with van der Waals surface area (Å²) in [4.78, 5) is 27.6. The molecule has 1 heterocycles. The molecule has 134 valence electrons. The Hall–Kier alpha value is -2.14. The molecule has 2 amide bonds. The van der Waals surface area contributed by atoms with Crippen LogP contribution in [-0.4, -0.2) is 43.0 Å². The lowest BCUT2D eigenvalue weighted by molar-refractivity contribution is -0.145. The van der Waals surface area contributed by atoms with Gasteiger partial charge in [-0.15, -0.1) is 0 Å². The summed E-state index contributed by atoms with van der Waals surface area (Å²) in [6.07, 6.45) is 5.29. The molecule has 1 fully saturated rings. The van der Waals surface area contributed by atoms with E-state index in [1.807, 2.05) is 54.3 Å². The Labute approximate surface area is 149 Å². The third-order valence-corrected chi connectivity index (χ3v) is 5.07. The van der Waals surface area contributed by atoms with Crippen LogP contribution in [0.3, 0.4) is 0 Å². The summed E-state index contributed by atoms with van der Waals surface area (Å²) < 4.78 is 5.33. The van der Waals surface area contributed by atoms with Crippen molar-refractivity contribution in [2.75, 3.05) is 26.3 Å². The van der Waals surface area contributed by atoms with E-state index in [1.54, 1.807) is 0 Å². The molecule has 3 atom stereocenters. The van der Waals surface area contributed by atoms with Crippen LogP contribution in [-0.2, 0) is 14.3 Å². The van der Waals surface area contributed by atoms with Gasteiger partial charge >= 0.3 is 0 Å². The Bertz CT molecular complexity index is 623. The highest BCUT2D eigenvalue weighted by Crippen LogP contribution is 2.29. The second-order valence-electron chi connectivity index (χ2n) is 6.73. The Morgan fingerprint density at radius 2 is 1.72 bits per heavy atom. The number of carbonyl (C=O) groups excluding carboxylic acids is 2. The van der Waals surface area contributed by atoms with E-state index in [0.717, 1.165) is 5.56 Å². The number of nitrogens with zero attached hydrogens (tertiary/aromatic N) is 1. The fraction of sp³-hybridized carbons (Fsp3) is 0.500. The SMILES string of the molecule is C[C@H](NC(=O)[C@@H]1CC=CC[C@H]1C(=O)N1CCOCC1)c1ccccc1. The van der Waals surface area contributed by atoms with Crippen LogP contribution in [0.5, 0.6) is 0 Å². The monoisotopic (exact) mass is 342 g/mol. The van der Waals surface area contributed by atoms with Crippen LogP contribution in [0.15, 0.2) is 42.5 Å². The van der Waals surface area contributed by atoms with Gasteiger partial charge in [-0.25, -0.2) is 0 Å². The van der Waals surface area contributed by atoms with Crippen molar-refractivity contribution >= 4 is 11.8 Å². The van der Waals surface area contributed by atoms with E-state index in [-0.39, 0.29) is 29.7 Å². The second-order valence-corrected chi connectivity index (χ2v) is 6.73. The van der Waals surface area contributed by atoms with Crippen molar-refractivity contribution in [3.05, 3.63) is 48.0 Å². The van der Waals surface area contributed by atoms with Gasteiger partial charge in [-0.05, 0) is 25.3 Å². The molecule has 1 aromatic rings. The zero-order valence-corrected chi connectivity index (χ0v) is 14.7. The Balaban J connectivity index is 1.66. The molecule has 2 aliphatic rings. The summed E-state index contributed by atoms with van der Waals surface area (Å²) in [5, 5.41) is 3.09. The van der Waals surface area contributed by atoms with E-state index in [1.165, 1.54) is 0 Å². The number of allylic oxidation sites excluding steroid dienone is 2. The van der Waals surface area contributed by atoms with E-state index >= 15 is 0 Å². The van der Waals surface area contributed by atoms with Gasteiger partial charge < -0.3 is 15.0 Å². The first kappa shape index (κ1) is 17.7. The third-order valence-electron chi connectivity index (χ3n) is 5.07. The lowest BCUT2D eigenvalue weighted by Crippen LogP contribution is -2.48. The maximum Gasteiger partial charge on any atom is 0.226 e. The molecule has 0 spiro atoms. The number of amides is 2. The molecule has 1 saturated heterocycles. The summed E-state index contributed by atoms with van der Waals surface area (Å²) >= 11 is 0. The minimum absolute atomic E-state index is 0.0349. The topological polar surface area (TPSA) is 58.6 Å². The largest absolute Gasteiger partial charge is 0.378 e. The second kappa shape index (κ2) is 8.30. The zero-order chi connectivity index (χ0) is 17.6. The summed E-state index contributed by atoms with van der Waals surface area (Å²) in [5.74, 6) is -0.523. The predicted molar refractivity (Wildman–Crippen MR) is 95.8 cm³/mol. The van der Waals surface area contributed by atoms with Gasteiger partial charge in [0.2, 0.25) is 11.8 Å². The molecular weight excluding hydrogens is 316 g/mol. The molecule has 0 bridgehead atoms. The number of rotatable bonds is 4. The summed E-state index contributed by atoms with van der Waals surface area (Å²) in [7, 11) is 0. The first-order valence-electron chi connectivity index (χ1n) is 9.03. The summed E-state index contributed by atoms with van der Waals surface area (Å²) in [6.45, 7) is 4.37. The first-order chi connectivity index (χ1) is 12.2. The average molecular weight is 342 g/mol. The van der Waals surface area contributed by atoms with E-state index in [9.17, 15) is 9.59 Å². The lowest BCUT2D eigenvalue weighted by Gasteiger charge is -2.34. The maximum atomic E-state index is 12.9. The highest BCUT2D eigenvalue weighted by molar-refractivity contribution is 5.88. The van der Waals surface area contributed by atoms with Gasteiger partial charge in [0.05, 0.1) is 31.1 Å². The van der Waals surface area contributed by atoms with Gasteiger partial charge in [-0.2, -0.15) is 0 Å². The average Bonchev–Trinajstić information content (AvgIpc) is 2.68. The number of hydrogen-bond donors (Lipinski definition) is 1. The van der Waals surface area contributed by atoms with Crippen molar-refractivity contribution < 1.29 is 14.3 Å². The predicted octanol–water partition coefficient (Wildman–Crippen LogP) is 2.30. The molecule has 5 nitrogen and oxygen atoms in total. The summed E-state index contributed by atoms with van der Waals surface area (Å²) in [6, 6.07) is 9.82. The van der Waals surface area contributed by atoms with Crippen LogP contribution in [0.1, 0.15) is 31.4 Å². The highest BCUT2D eigenvalue weighted by Gasteiger charge is 2.37. The van der Waals surface area contributed by atoms with Crippen molar-refractivity contribution in [2.45, 2.75) is 25.8 Å². The number of hydrogen-bond acceptors (Lipinski definition) is 3. The van der Waals surface area contributed by atoms with E-state index in [0.29, 0.717) is 39.1 Å². The minimum atomic E-state index is -0.300. The fourth-order valence-corrected chi connectivity index (χ4v) is 3.54. The Morgan fingerprint density at radius 3 is 2.40 bits per heavy atom. The van der Waals surface area contributed by atoms with Crippen molar-refractivity contribution in [3.63, 3.8) is 0 Å². The molecule has 1 aliphatic heterocycles. The smallest absolute Gasteiger partial charge is 0.226 e. The molecule has 1 N–H and O–H groups in total. The molecule has 1 aromatic carbocycles. The van der Waals surface area contributed by atoms with Crippen LogP contribution in [0, 0.1) is 11.8 Å². The van der Waals surface area contributed by atoms with E-state index < -0.39 is 0 Å². The van der Waals surface area contributed by atoms with Crippen molar-refractivity contribution in [3.8, 4) is 0 Å². The third kappa shape index (κ3) is 4.28. The highest BCUT2D eigenvalue weighted by atomic mass is 16.5. The number of ether oxygens (including phenoxy) is 1. The standard InChI is InChI=1S/C20H26N2O3/c1-15(16-7-3-2-4-8-16)21-19(23)17-9-5-6-10-18(17)20(24)22-11-13-25-14-12-22/h2-8,15,17-18H,9-14H2,1H3,(H,21,23)/t15-,17+,18+/m0/s1. The van der Waals surface area contributed by atoms with Crippen LogP contribution >= 0.6 is 0 Å². The first-order valence-corrected chi connectivity index (χ1v) is 9.03. The fourth-order valence-electron chi connectivity index (χ4n) is 3.54. The number of morpholine rings is 1. The van der Waals surface area contributed by atoms with Crippen LogP contribution in [0.25, 0.3) is 0 Å². The Kier molecular flexibility index (Phi) is 5.87. The van der Waals surface area contributed by atoms with Crippen LogP contribution in [0.4, 0.5) is 0 Å². The number of benzene rings is 1. The Morgan fingerprint density at radius 1 is 1.08 bits per heavy atom. The van der Waals surface area contributed by atoms with Gasteiger partial charge in [-0.1, -0.05) is 42.5 Å². The molecule has 1 aliphatic carbocycles. The molecule has 3 rings (SSSR count). The molecule has 0 radical (unpaired) electrons. The van der Waals surface area contributed by atoms with Crippen molar-refractivity contribution in [1.29, 1.82) is 0 Å². The van der Waals surface area contributed by atoms with Crippen molar-refractivity contribution in [2.24, 2.45) is 11.8 Å². The van der Waals surface area contributed by atoms with E-state index in [2.05, 4.69) is 5.32 Å². The minimum Gasteiger partial charge on any atom is -0.378 e. The molecule has 25 heavy (non-hydrogen) atoms. The van der Waals surface area contributed by atoms with Gasteiger partial charge in [0.15, 0.2) is 0 Å². The van der Waals surface area contributed by atoms with E-state index in [4.69, 9.17) is 4.74 Å². The number of carbonyl (C=O) groups is 2. The van der Waals surface area contributed by atoms with Gasteiger partial charge in [-0.3, -0.25) is 9.59 Å². The van der Waals surface area contributed by atoms with Crippen LogP contribution < -0.4 is 5.32 Å². The van der Waals surface area contributed by atoms with Gasteiger partial charge in [0, 0.05) is 13.1 Å². The van der Waals surface area contributed by atoms with Crippen LogP contribution in [0.2, 0.25) is 0 Å². The lowest BCUT2D eigenvalue weighted by atomic mass is 9.81. The molecular formula is C20H26N2O3. The zero-order valence-electron chi connectivity index (χ0n) is 14.7. The molecule has 0 aromatic heterocycles. The molecule has 5 heteroatoms. The molecule has 0 unspecified atom stereocenters. The van der Waals surface area contributed by atoms with Gasteiger partial charge in [0.25, 0.3) is 0 Å². The maximum absolute atomic E-state index is 12.9. The quantitative estimate of drug-likeness (QED) is 0.854. The summed E-state index contributed by atoms with van der Waals surface area (Å²) in [5.41, 5.74) is 1.07. The number of nitrogens with one attached hydrogen (secondary N) is 1. The normalized spacial score (nSPS) is 24.6. The van der Waals surface area contributed by atoms with Crippen molar-refractivity contribution in [1.82, 2.24) is 10.2 Å². The molecule has 0 saturated carbocycles.